The van der Waals surface area contributed by atoms with Crippen LogP contribution in [-0.2, 0) is 10.0 Å². The molecule has 148 valence electrons. The number of anilines is 1. The van der Waals surface area contributed by atoms with Gasteiger partial charge in [0.1, 0.15) is 0 Å². The van der Waals surface area contributed by atoms with Crippen molar-refractivity contribution >= 4 is 34.0 Å². The van der Waals surface area contributed by atoms with Crippen molar-refractivity contribution in [1.29, 1.82) is 0 Å². The number of nitrogens with two attached hydrogens (primary N) is 1. The Kier molecular flexibility index (Phi) is 7.92. The van der Waals surface area contributed by atoms with Gasteiger partial charge in [-0.1, -0.05) is 13.8 Å². The number of carbonyl (C=O) groups is 1. The van der Waals surface area contributed by atoms with Crippen molar-refractivity contribution in [2.24, 2.45) is 11.7 Å². The first-order chi connectivity index (χ1) is 11.6. The quantitative estimate of drug-likeness (QED) is 0.790. The van der Waals surface area contributed by atoms with Gasteiger partial charge in [0.2, 0.25) is 10.0 Å². The Hall–Kier alpha value is -1.31. The first-order valence-electron chi connectivity index (χ1n) is 8.75. The van der Waals surface area contributed by atoms with E-state index in [1.165, 1.54) is 4.31 Å². The van der Waals surface area contributed by atoms with E-state index in [4.69, 9.17) is 5.73 Å². The topological polar surface area (TPSA) is 83.7 Å². The molecule has 1 aliphatic rings. The molecule has 8 heteroatoms. The molecule has 0 aliphatic carbocycles. The van der Waals surface area contributed by atoms with E-state index in [1.807, 2.05) is 6.92 Å². The summed E-state index contributed by atoms with van der Waals surface area (Å²) in [5.74, 6) is 0.502. The van der Waals surface area contributed by atoms with Gasteiger partial charge in [-0.15, -0.1) is 12.4 Å². The highest BCUT2D eigenvalue weighted by molar-refractivity contribution is 7.93. The number of hydrogen-bond donors (Lipinski definition) is 1. The van der Waals surface area contributed by atoms with Crippen LogP contribution in [0, 0.1) is 12.8 Å². The van der Waals surface area contributed by atoms with Gasteiger partial charge >= 0.3 is 0 Å². The lowest BCUT2D eigenvalue weighted by Gasteiger charge is -2.23. The molecule has 1 fully saturated rings. The summed E-state index contributed by atoms with van der Waals surface area (Å²) in [7, 11) is -1.44. The highest BCUT2D eigenvalue weighted by atomic mass is 35.5. The van der Waals surface area contributed by atoms with E-state index in [9.17, 15) is 13.2 Å². The second-order valence-electron chi connectivity index (χ2n) is 7.16. The van der Waals surface area contributed by atoms with Gasteiger partial charge in [0, 0.05) is 31.7 Å². The van der Waals surface area contributed by atoms with Crippen molar-refractivity contribution in [3.8, 4) is 0 Å². The molecule has 1 aliphatic heterocycles. The van der Waals surface area contributed by atoms with E-state index in [0.717, 1.165) is 12.0 Å². The van der Waals surface area contributed by atoms with Crippen molar-refractivity contribution in [3.05, 3.63) is 29.3 Å². The number of aryl methyl sites for hydroxylation is 1. The smallest absolute Gasteiger partial charge is 0.253 e. The van der Waals surface area contributed by atoms with Gasteiger partial charge in [0.15, 0.2) is 0 Å². The Morgan fingerprint density at radius 1 is 1.35 bits per heavy atom. The number of benzene rings is 1. The van der Waals surface area contributed by atoms with Gasteiger partial charge in [0.05, 0.1) is 11.4 Å². The van der Waals surface area contributed by atoms with Crippen molar-refractivity contribution in [2.75, 3.05) is 30.2 Å². The normalized spacial score (nSPS) is 17.1. The summed E-state index contributed by atoms with van der Waals surface area (Å²) in [6.45, 7) is 7.08. The molecule has 2 rings (SSSR count). The Morgan fingerprint density at radius 3 is 2.50 bits per heavy atom. The van der Waals surface area contributed by atoms with Crippen LogP contribution < -0.4 is 10.0 Å². The lowest BCUT2D eigenvalue weighted by atomic mass is 10.0. The maximum absolute atomic E-state index is 12.7. The van der Waals surface area contributed by atoms with Crippen LogP contribution in [0.15, 0.2) is 18.2 Å². The lowest BCUT2D eigenvalue weighted by molar-refractivity contribution is 0.0788. The molecule has 1 atom stereocenters. The Labute approximate surface area is 163 Å². The Morgan fingerprint density at radius 2 is 2.00 bits per heavy atom. The third-order valence-corrected chi connectivity index (χ3v) is 6.70. The van der Waals surface area contributed by atoms with Crippen LogP contribution in [0.3, 0.4) is 0 Å². The number of rotatable bonds is 6. The van der Waals surface area contributed by atoms with E-state index in [1.54, 1.807) is 30.1 Å². The molecule has 1 heterocycles. The number of carbonyl (C=O) groups excluding carboxylic acids is 1. The number of hydrogen-bond acceptors (Lipinski definition) is 4. The molecular formula is C18H30ClN3O3S. The standard InChI is InChI=1S/C18H29N3O3S.ClH/c1-13(2)17(19)8-10-20(4)18(22)16-7-6-15(12-14(16)3)21-9-5-11-25(21,23)24;/h6-7,12-13,17H,5,8-11,19H2,1-4H3;1H. The molecule has 0 aromatic heterocycles. The van der Waals surface area contributed by atoms with Crippen LogP contribution in [0.1, 0.15) is 42.6 Å². The van der Waals surface area contributed by atoms with Crippen molar-refractivity contribution in [3.63, 3.8) is 0 Å². The highest BCUT2D eigenvalue weighted by Gasteiger charge is 2.29. The van der Waals surface area contributed by atoms with Crippen LogP contribution >= 0.6 is 12.4 Å². The summed E-state index contributed by atoms with van der Waals surface area (Å²) in [5, 5.41) is 0. The van der Waals surface area contributed by atoms with Gasteiger partial charge in [-0.2, -0.15) is 0 Å². The van der Waals surface area contributed by atoms with E-state index in [0.29, 0.717) is 36.7 Å². The molecule has 1 aromatic rings. The first-order valence-corrected chi connectivity index (χ1v) is 10.4. The largest absolute Gasteiger partial charge is 0.342 e. The first kappa shape index (κ1) is 22.7. The van der Waals surface area contributed by atoms with E-state index in [2.05, 4.69) is 13.8 Å². The van der Waals surface area contributed by atoms with Crippen molar-refractivity contribution < 1.29 is 13.2 Å². The zero-order valence-corrected chi connectivity index (χ0v) is 17.6. The van der Waals surface area contributed by atoms with Crippen LogP contribution in [0.25, 0.3) is 0 Å². The highest BCUT2D eigenvalue weighted by Crippen LogP contribution is 2.26. The molecule has 0 bridgehead atoms. The SMILES string of the molecule is Cc1cc(N2CCCS2(=O)=O)ccc1C(=O)N(C)CCC(N)C(C)C.Cl. The minimum atomic E-state index is -3.21. The maximum Gasteiger partial charge on any atom is 0.253 e. The third kappa shape index (κ3) is 5.11. The van der Waals surface area contributed by atoms with Gasteiger partial charge in [0.25, 0.3) is 5.91 Å². The van der Waals surface area contributed by atoms with Gasteiger partial charge in [-0.25, -0.2) is 8.42 Å². The fourth-order valence-electron chi connectivity index (χ4n) is 2.96. The summed E-state index contributed by atoms with van der Waals surface area (Å²) < 4.78 is 25.5. The number of amides is 1. The molecular weight excluding hydrogens is 374 g/mol. The van der Waals surface area contributed by atoms with Crippen LogP contribution in [0.4, 0.5) is 5.69 Å². The minimum absolute atomic E-state index is 0. The van der Waals surface area contributed by atoms with Gasteiger partial charge in [-0.05, 0) is 49.4 Å². The van der Waals surface area contributed by atoms with E-state index >= 15 is 0 Å². The summed E-state index contributed by atoms with van der Waals surface area (Å²) in [6, 6.07) is 5.29. The molecule has 0 saturated carbocycles. The average Bonchev–Trinajstić information content (AvgIpc) is 2.90. The zero-order valence-electron chi connectivity index (χ0n) is 15.9. The molecule has 1 amide bonds. The average molecular weight is 404 g/mol. The second kappa shape index (κ2) is 9.06. The zero-order chi connectivity index (χ0) is 18.8. The van der Waals surface area contributed by atoms with Crippen LogP contribution in [0.5, 0.6) is 0 Å². The molecule has 0 spiro atoms. The van der Waals surface area contributed by atoms with Crippen LogP contribution in [-0.4, -0.2) is 51.2 Å². The van der Waals surface area contributed by atoms with E-state index in [-0.39, 0.29) is 30.1 Å². The second-order valence-corrected chi connectivity index (χ2v) is 9.18. The Bertz CT molecular complexity index is 737. The molecule has 1 aromatic carbocycles. The number of halogens is 1. The molecule has 26 heavy (non-hydrogen) atoms. The molecule has 1 saturated heterocycles. The number of nitrogens with zero attached hydrogens (tertiary/aromatic N) is 2. The summed E-state index contributed by atoms with van der Waals surface area (Å²) in [5.41, 5.74) is 8.06. The molecule has 0 radical (unpaired) electrons. The molecule has 1 unspecified atom stereocenters. The van der Waals surface area contributed by atoms with Crippen LogP contribution in [0.2, 0.25) is 0 Å². The summed E-state index contributed by atoms with van der Waals surface area (Å²) >= 11 is 0. The monoisotopic (exact) mass is 403 g/mol. The van der Waals surface area contributed by atoms with E-state index < -0.39 is 10.0 Å². The Balaban J connectivity index is 0.00000338. The lowest BCUT2D eigenvalue weighted by Crippen LogP contribution is -2.35. The maximum atomic E-state index is 12.7. The van der Waals surface area contributed by atoms with Gasteiger partial charge in [-0.3, -0.25) is 9.10 Å². The van der Waals surface area contributed by atoms with Crippen molar-refractivity contribution in [1.82, 2.24) is 4.90 Å². The fraction of sp³-hybridized carbons (Fsp3) is 0.611. The predicted octanol–water partition coefficient (Wildman–Crippen LogP) is 2.40. The summed E-state index contributed by atoms with van der Waals surface area (Å²) in [4.78, 5) is 14.3. The summed E-state index contributed by atoms with van der Waals surface area (Å²) in [6.07, 6.45) is 1.39. The minimum Gasteiger partial charge on any atom is -0.342 e. The van der Waals surface area contributed by atoms with Gasteiger partial charge < -0.3 is 10.6 Å². The third-order valence-electron chi connectivity index (χ3n) is 4.83. The number of sulfonamides is 1. The predicted molar refractivity (Wildman–Crippen MR) is 109 cm³/mol. The van der Waals surface area contributed by atoms with Crippen molar-refractivity contribution in [2.45, 2.75) is 39.7 Å². The molecule has 6 nitrogen and oxygen atoms in total. The fourth-order valence-corrected chi connectivity index (χ4v) is 4.51. The molecule has 2 N–H and O–H groups in total.